The highest BCUT2D eigenvalue weighted by Crippen LogP contribution is 2.20. The number of benzene rings is 2. The lowest BCUT2D eigenvalue weighted by molar-refractivity contribution is -0.928. The molecule has 4 nitrogen and oxygen atoms in total. The zero-order chi connectivity index (χ0) is 18.5. The fraction of sp³-hybridized carbons (Fsp3) is 0.300. The highest BCUT2D eigenvalue weighted by atomic mass is 35.5. The summed E-state index contributed by atoms with van der Waals surface area (Å²) in [5, 5.41) is 1.92. The van der Waals surface area contributed by atoms with Crippen molar-refractivity contribution in [3.05, 3.63) is 74.3 Å². The van der Waals surface area contributed by atoms with Gasteiger partial charge in [-0.3, -0.25) is 4.79 Å². The molecule has 136 valence electrons. The lowest BCUT2D eigenvalue weighted by atomic mass is 10.2. The van der Waals surface area contributed by atoms with Gasteiger partial charge in [0.25, 0.3) is 5.56 Å². The van der Waals surface area contributed by atoms with Crippen molar-refractivity contribution in [2.24, 2.45) is 0 Å². The third-order valence-corrected chi connectivity index (χ3v) is 5.01. The first-order valence-electron chi connectivity index (χ1n) is 8.82. The molecular weight excluding hydrogens is 369 g/mol. The fourth-order valence-electron chi connectivity index (χ4n) is 3.06. The molecule has 1 aromatic heterocycles. The average molecular weight is 391 g/mol. The highest BCUT2D eigenvalue weighted by molar-refractivity contribution is 6.35. The zero-order valence-corrected chi connectivity index (χ0v) is 16.2. The Morgan fingerprint density at radius 3 is 2.69 bits per heavy atom. The average Bonchev–Trinajstić information content (AvgIpc) is 2.62. The van der Waals surface area contributed by atoms with Gasteiger partial charge in [0.15, 0.2) is 5.82 Å². The number of H-pyrrole nitrogens is 1. The predicted molar refractivity (Wildman–Crippen MR) is 107 cm³/mol. The minimum atomic E-state index is -0.0926. The molecule has 1 unspecified atom stereocenters. The summed E-state index contributed by atoms with van der Waals surface area (Å²) in [6, 6.07) is 13.0. The SMILES string of the molecule is CCCC[NH+](Cc1nc2ccccc2c(=O)[nH]1)Cc1ccc(Cl)cc1Cl. The summed E-state index contributed by atoms with van der Waals surface area (Å²) in [5.41, 5.74) is 1.68. The van der Waals surface area contributed by atoms with Crippen LogP contribution in [0.1, 0.15) is 31.2 Å². The minimum absolute atomic E-state index is 0.0926. The number of para-hydroxylation sites is 1. The van der Waals surface area contributed by atoms with E-state index in [0.717, 1.165) is 37.0 Å². The number of nitrogens with one attached hydrogen (secondary N) is 2. The molecule has 0 aliphatic carbocycles. The number of unbranched alkanes of at least 4 members (excludes halogenated alkanes) is 1. The van der Waals surface area contributed by atoms with E-state index in [0.29, 0.717) is 27.8 Å². The molecule has 1 heterocycles. The van der Waals surface area contributed by atoms with Gasteiger partial charge in [0.05, 0.1) is 22.5 Å². The summed E-state index contributed by atoms with van der Waals surface area (Å²) in [6.07, 6.45) is 2.21. The van der Waals surface area contributed by atoms with Gasteiger partial charge >= 0.3 is 0 Å². The molecule has 0 bridgehead atoms. The minimum Gasteiger partial charge on any atom is -0.325 e. The first-order valence-corrected chi connectivity index (χ1v) is 9.58. The van der Waals surface area contributed by atoms with Crippen LogP contribution in [-0.2, 0) is 13.1 Å². The predicted octanol–water partition coefficient (Wildman–Crippen LogP) is 3.62. The second kappa shape index (κ2) is 8.67. The third kappa shape index (κ3) is 4.64. The number of aromatic amines is 1. The lowest BCUT2D eigenvalue weighted by Crippen LogP contribution is -3.09. The van der Waals surface area contributed by atoms with Crippen molar-refractivity contribution in [2.45, 2.75) is 32.9 Å². The second-order valence-electron chi connectivity index (χ2n) is 6.47. The molecule has 1 atom stereocenters. The van der Waals surface area contributed by atoms with Crippen LogP contribution in [0.2, 0.25) is 10.0 Å². The third-order valence-electron chi connectivity index (χ3n) is 4.42. The molecule has 0 radical (unpaired) electrons. The Kier molecular flexibility index (Phi) is 6.30. The van der Waals surface area contributed by atoms with Gasteiger partial charge in [0.2, 0.25) is 0 Å². The van der Waals surface area contributed by atoms with Crippen molar-refractivity contribution >= 4 is 34.1 Å². The number of aromatic nitrogens is 2. The van der Waals surface area contributed by atoms with Gasteiger partial charge < -0.3 is 9.88 Å². The molecule has 2 N–H and O–H groups in total. The van der Waals surface area contributed by atoms with Gasteiger partial charge in [-0.05, 0) is 30.7 Å². The molecule has 0 aliphatic rings. The molecule has 3 rings (SSSR count). The summed E-state index contributed by atoms with van der Waals surface area (Å²) in [4.78, 5) is 21.2. The molecule has 6 heteroatoms. The Bertz CT molecular complexity index is 955. The van der Waals surface area contributed by atoms with Gasteiger partial charge in [-0.25, -0.2) is 4.98 Å². The molecule has 0 fully saturated rings. The van der Waals surface area contributed by atoms with Gasteiger partial charge in [-0.2, -0.15) is 0 Å². The number of fused-ring (bicyclic) bond motifs is 1. The van der Waals surface area contributed by atoms with Crippen LogP contribution in [0.4, 0.5) is 0 Å². The molecule has 26 heavy (non-hydrogen) atoms. The lowest BCUT2D eigenvalue weighted by Gasteiger charge is -2.19. The second-order valence-corrected chi connectivity index (χ2v) is 7.32. The van der Waals surface area contributed by atoms with Crippen molar-refractivity contribution in [2.75, 3.05) is 6.54 Å². The van der Waals surface area contributed by atoms with E-state index in [1.807, 2.05) is 30.3 Å². The largest absolute Gasteiger partial charge is 0.325 e. The van der Waals surface area contributed by atoms with E-state index in [1.165, 1.54) is 4.90 Å². The van der Waals surface area contributed by atoms with Crippen LogP contribution >= 0.6 is 23.2 Å². The number of quaternary nitrogens is 1. The molecular formula is C20H22Cl2N3O+. The Hall–Kier alpha value is -1.88. The van der Waals surface area contributed by atoms with Crippen molar-refractivity contribution in [3.63, 3.8) is 0 Å². The number of hydrogen-bond donors (Lipinski definition) is 2. The van der Waals surface area contributed by atoms with Crippen molar-refractivity contribution in [1.82, 2.24) is 9.97 Å². The number of halogens is 2. The maximum atomic E-state index is 12.3. The van der Waals surface area contributed by atoms with Crippen molar-refractivity contribution in [3.8, 4) is 0 Å². The van der Waals surface area contributed by atoms with Crippen LogP contribution < -0.4 is 10.5 Å². The first kappa shape index (κ1) is 18.9. The van der Waals surface area contributed by atoms with Crippen LogP contribution in [0, 0.1) is 0 Å². The number of rotatable bonds is 7. The first-order chi connectivity index (χ1) is 12.6. The Morgan fingerprint density at radius 2 is 1.92 bits per heavy atom. The van der Waals surface area contributed by atoms with Crippen LogP contribution in [0.5, 0.6) is 0 Å². The number of nitrogens with zero attached hydrogens (tertiary/aromatic N) is 1. The molecule has 2 aromatic carbocycles. The number of hydrogen-bond acceptors (Lipinski definition) is 2. The molecule has 3 aromatic rings. The molecule has 0 saturated carbocycles. The van der Waals surface area contributed by atoms with E-state index in [2.05, 4.69) is 16.9 Å². The Labute approximate surface area is 162 Å². The van der Waals surface area contributed by atoms with Gasteiger partial charge in [0, 0.05) is 10.6 Å². The summed E-state index contributed by atoms with van der Waals surface area (Å²) in [7, 11) is 0. The van der Waals surface area contributed by atoms with E-state index in [-0.39, 0.29) is 5.56 Å². The van der Waals surface area contributed by atoms with E-state index in [1.54, 1.807) is 12.1 Å². The maximum Gasteiger partial charge on any atom is 0.258 e. The summed E-state index contributed by atoms with van der Waals surface area (Å²) in [5.74, 6) is 0.699. The van der Waals surface area contributed by atoms with E-state index in [4.69, 9.17) is 23.2 Å². The maximum absolute atomic E-state index is 12.3. The van der Waals surface area contributed by atoms with Crippen LogP contribution in [0.25, 0.3) is 10.9 Å². The normalized spacial score (nSPS) is 12.4. The van der Waals surface area contributed by atoms with Crippen LogP contribution in [0.15, 0.2) is 47.3 Å². The Balaban J connectivity index is 1.85. The molecule has 0 aliphatic heterocycles. The molecule has 0 saturated heterocycles. The summed E-state index contributed by atoms with van der Waals surface area (Å²) in [6.45, 7) is 4.54. The molecule has 0 amide bonds. The van der Waals surface area contributed by atoms with E-state index in [9.17, 15) is 4.79 Å². The van der Waals surface area contributed by atoms with Crippen LogP contribution in [-0.4, -0.2) is 16.5 Å². The van der Waals surface area contributed by atoms with Gasteiger partial charge in [0.1, 0.15) is 13.1 Å². The quantitative estimate of drug-likeness (QED) is 0.647. The summed E-state index contributed by atoms with van der Waals surface area (Å²) >= 11 is 12.3. The zero-order valence-electron chi connectivity index (χ0n) is 14.7. The van der Waals surface area contributed by atoms with Crippen LogP contribution in [0.3, 0.4) is 0 Å². The monoisotopic (exact) mass is 390 g/mol. The van der Waals surface area contributed by atoms with E-state index < -0.39 is 0 Å². The van der Waals surface area contributed by atoms with Crippen molar-refractivity contribution in [1.29, 1.82) is 0 Å². The van der Waals surface area contributed by atoms with Crippen molar-refractivity contribution < 1.29 is 4.90 Å². The van der Waals surface area contributed by atoms with E-state index >= 15 is 0 Å². The summed E-state index contributed by atoms with van der Waals surface area (Å²) < 4.78 is 0. The topological polar surface area (TPSA) is 50.2 Å². The smallest absolute Gasteiger partial charge is 0.258 e. The van der Waals surface area contributed by atoms with Gasteiger partial charge in [-0.1, -0.05) is 54.7 Å². The molecule has 0 spiro atoms. The fourth-order valence-corrected chi connectivity index (χ4v) is 3.53. The highest BCUT2D eigenvalue weighted by Gasteiger charge is 2.15. The standard InChI is InChI=1S/C20H21Cl2N3O/c1-2-3-10-25(12-14-8-9-15(21)11-17(14)22)13-19-23-18-7-5-4-6-16(18)20(26)24-19/h4-9,11H,2-3,10,12-13H2,1H3,(H,23,24,26)/p+1. The van der Waals surface area contributed by atoms with Gasteiger partial charge in [-0.15, -0.1) is 0 Å². The Morgan fingerprint density at radius 1 is 1.12 bits per heavy atom.